The van der Waals surface area contributed by atoms with Gasteiger partial charge in [0.15, 0.2) is 0 Å². The maximum atomic E-state index is 5.93. The molecule has 0 fully saturated rings. The van der Waals surface area contributed by atoms with E-state index in [2.05, 4.69) is 19.2 Å². The fourth-order valence-electron chi connectivity index (χ4n) is 1.52. The zero-order valence-corrected chi connectivity index (χ0v) is 12.7. The summed E-state index contributed by atoms with van der Waals surface area (Å²) < 4.78 is 5.75. The van der Waals surface area contributed by atoms with Crippen LogP contribution in [0.25, 0.3) is 0 Å². The number of nitrogens with one attached hydrogen (secondary N) is 1. The van der Waals surface area contributed by atoms with Crippen LogP contribution in [0.1, 0.15) is 27.2 Å². The van der Waals surface area contributed by atoms with E-state index in [0.29, 0.717) is 10.0 Å². The third-order valence-electron chi connectivity index (χ3n) is 2.56. The number of halogens is 2. The third-order valence-corrected chi connectivity index (χ3v) is 3.30. The standard InChI is InChI=1S/C14H21Cl2NO/c1-10(2)6-7-17-9-11(3)18-12-4-5-13(15)14(16)8-12/h4-5,8,10-11,17H,6-7,9H2,1-3H3. The molecule has 18 heavy (non-hydrogen) atoms. The summed E-state index contributed by atoms with van der Waals surface area (Å²) in [6.45, 7) is 8.32. The Kier molecular flexibility index (Phi) is 6.83. The van der Waals surface area contributed by atoms with Crippen molar-refractivity contribution >= 4 is 23.2 Å². The monoisotopic (exact) mass is 289 g/mol. The quantitative estimate of drug-likeness (QED) is 0.752. The van der Waals surface area contributed by atoms with Crippen molar-refractivity contribution in [3.8, 4) is 5.75 Å². The van der Waals surface area contributed by atoms with Gasteiger partial charge in [-0.25, -0.2) is 0 Å². The molecule has 0 aliphatic carbocycles. The summed E-state index contributed by atoms with van der Waals surface area (Å²) in [5.41, 5.74) is 0. The van der Waals surface area contributed by atoms with Crippen molar-refractivity contribution in [3.63, 3.8) is 0 Å². The van der Waals surface area contributed by atoms with Gasteiger partial charge in [0.1, 0.15) is 11.9 Å². The first-order valence-electron chi connectivity index (χ1n) is 6.31. The smallest absolute Gasteiger partial charge is 0.121 e. The Labute approximate surface area is 120 Å². The SMILES string of the molecule is CC(C)CCNCC(C)Oc1ccc(Cl)c(Cl)c1. The van der Waals surface area contributed by atoms with Crippen molar-refractivity contribution < 1.29 is 4.74 Å². The lowest BCUT2D eigenvalue weighted by Crippen LogP contribution is -2.30. The fraction of sp³-hybridized carbons (Fsp3) is 0.571. The van der Waals surface area contributed by atoms with Gasteiger partial charge in [0.25, 0.3) is 0 Å². The molecular formula is C14H21Cl2NO. The van der Waals surface area contributed by atoms with E-state index in [0.717, 1.165) is 24.8 Å². The molecule has 4 heteroatoms. The van der Waals surface area contributed by atoms with Gasteiger partial charge in [0.05, 0.1) is 10.0 Å². The summed E-state index contributed by atoms with van der Waals surface area (Å²) in [4.78, 5) is 0. The van der Waals surface area contributed by atoms with Gasteiger partial charge in [-0.3, -0.25) is 0 Å². The topological polar surface area (TPSA) is 21.3 Å². The molecule has 0 heterocycles. The number of ether oxygens (including phenoxy) is 1. The zero-order chi connectivity index (χ0) is 13.5. The van der Waals surface area contributed by atoms with Crippen molar-refractivity contribution in [1.82, 2.24) is 5.32 Å². The molecule has 0 bridgehead atoms. The van der Waals surface area contributed by atoms with Crippen LogP contribution in [0, 0.1) is 5.92 Å². The third kappa shape index (κ3) is 5.94. The minimum Gasteiger partial charge on any atom is -0.489 e. The largest absolute Gasteiger partial charge is 0.489 e. The molecule has 0 aliphatic heterocycles. The first kappa shape index (κ1) is 15.6. The lowest BCUT2D eigenvalue weighted by molar-refractivity contribution is 0.216. The minimum absolute atomic E-state index is 0.106. The van der Waals surface area contributed by atoms with Gasteiger partial charge in [-0.2, -0.15) is 0 Å². The molecule has 2 nitrogen and oxygen atoms in total. The summed E-state index contributed by atoms with van der Waals surface area (Å²) in [6.07, 6.45) is 1.29. The lowest BCUT2D eigenvalue weighted by Gasteiger charge is -2.16. The number of benzene rings is 1. The highest BCUT2D eigenvalue weighted by Gasteiger charge is 2.06. The predicted octanol–water partition coefficient (Wildman–Crippen LogP) is 4.40. The van der Waals surface area contributed by atoms with Gasteiger partial charge in [-0.05, 0) is 37.9 Å². The molecular weight excluding hydrogens is 269 g/mol. The normalized spacial score (nSPS) is 12.8. The number of hydrogen-bond donors (Lipinski definition) is 1. The van der Waals surface area contributed by atoms with E-state index in [-0.39, 0.29) is 6.10 Å². The second-order valence-electron chi connectivity index (χ2n) is 4.89. The van der Waals surface area contributed by atoms with Crippen LogP contribution in [0.4, 0.5) is 0 Å². The lowest BCUT2D eigenvalue weighted by atomic mass is 10.1. The maximum absolute atomic E-state index is 5.93. The molecule has 1 atom stereocenters. The predicted molar refractivity (Wildman–Crippen MR) is 78.9 cm³/mol. The van der Waals surface area contributed by atoms with Crippen LogP contribution in [0.5, 0.6) is 5.75 Å². The van der Waals surface area contributed by atoms with E-state index >= 15 is 0 Å². The Hall–Kier alpha value is -0.440. The van der Waals surface area contributed by atoms with Crippen LogP contribution in [-0.4, -0.2) is 19.2 Å². The van der Waals surface area contributed by atoms with Crippen LogP contribution in [0.2, 0.25) is 10.0 Å². The van der Waals surface area contributed by atoms with Gasteiger partial charge >= 0.3 is 0 Å². The Morgan fingerprint density at radius 1 is 1.17 bits per heavy atom. The van der Waals surface area contributed by atoms with Crippen molar-refractivity contribution in [3.05, 3.63) is 28.2 Å². The van der Waals surface area contributed by atoms with Gasteiger partial charge in [-0.15, -0.1) is 0 Å². The van der Waals surface area contributed by atoms with Crippen LogP contribution in [0.3, 0.4) is 0 Å². The average molecular weight is 290 g/mol. The summed E-state index contributed by atoms with van der Waals surface area (Å²) in [7, 11) is 0. The maximum Gasteiger partial charge on any atom is 0.121 e. The molecule has 1 unspecified atom stereocenters. The summed E-state index contributed by atoms with van der Waals surface area (Å²) in [6, 6.07) is 5.32. The number of rotatable bonds is 7. The molecule has 0 aliphatic rings. The molecule has 0 saturated carbocycles. The van der Waals surface area contributed by atoms with Gasteiger partial charge in [0.2, 0.25) is 0 Å². The number of hydrogen-bond acceptors (Lipinski definition) is 2. The van der Waals surface area contributed by atoms with Gasteiger partial charge in [0, 0.05) is 12.6 Å². The Bertz CT molecular complexity index is 369. The minimum atomic E-state index is 0.106. The molecule has 102 valence electrons. The van der Waals surface area contributed by atoms with Crippen LogP contribution >= 0.6 is 23.2 Å². The van der Waals surface area contributed by atoms with E-state index in [1.54, 1.807) is 12.1 Å². The van der Waals surface area contributed by atoms with E-state index in [1.807, 2.05) is 13.0 Å². The summed E-state index contributed by atoms with van der Waals surface area (Å²) in [5.74, 6) is 1.48. The first-order chi connectivity index (χ1) is 8.49. The van der Waals surface area contributed by atoms with E-state index in [9.17, 15) is 0 Å². The molecule has 1 aromatic carbocycles. The highest BCUT2D eigenvalue weighted by molar-refractivity contribution is 6.42. The summed E-state index contributed by atoms with van der Waals surface area (Å²) in [5, 5.41) is 4.45. The highest BCUT2D eigenvalue weighted by atomic mass is 35.5. The van der Waals surface area contributed by atoms with E-state index < -0.39 is 0 Å². The molecule has 1 N–H and O–H groups in total. The van der Waals surface area contributed by atoms with Crippen LogP contribution < -0.4 is 10.1 Å². The molecule has 0 spiro atoms. The molecule has 0 aromatic heterocycles. The first-order valence-corrected chi connectivity index (χ1v) is 7.07. The van der Waals surface area contributed by atoms with Crippen molar-refractivity contribution in [2.75, 3.05) is 13.1 Å². The Balaban J connectivity index is 2.31. The zero-order valence-electron chi connectivity index (χ0n) is 11.2. The van der Waals surface area contributed by atoms with Crippen molar-refractivity contribution in [2.24, 2.45) is 5.92 Å². The molecule has 1 aromatic rings. The fourth-order valence-corrected chi connectivity index (χ4v) is 1.81. The van der Waals surface area contributed by atoms with Crippen molar-refractivity contribution in [2.45, 2.75) is 33.3 Å². The summed E-state index contributed by atoms with van der Waals surface area (Å²) >= 11 is 11.8. The Morgan fingerprint density at radius 2 is 1.89 bits per heavy atom. The molecule has 0 saturated heterocycles. The van der Waals surface area contributed by atoms with E-state index in [1.165, 1.54) is 6.42 Å². The average Bonchev–Trinajstić information content (AvgIpc) is 2.29. The Morgan fingerprint density at radius 3 is 2.50 bits per heavy atom. The van der Waals surface area contributed by atoms with E-state index in [4.69, 9.17) is 27.9 Å². The van der Waals surface area contributed by atoms with Gasteiger partial charge in [-0.1, -0.05) is 37.0 Å². The molecule has 1 rings (SSSR count). The van der Waals surface area contributed by atoms with Crippen LogP contribution in [0.15, 0.2) is 18.2 Å². The van der Waals surface area contributed by atoms with Crippen LogP contribution in [-0.2, 0) is 0 Å². The second-order valence-corrected chi connectivity index (χ2v) is 5.71. The van der Waals surface area contributed by atoms with Gasteiger partial charge < -0.3 is 10.1 Å². The highest BCUT2D eigenvalue weighted by Crippen LogP contribution is 2.26. The molecule has 0 amide bonds. The molecule has 0 radical (unpaired) electrons. The second kappa shape index (κ2) is 7.88. The van der Waals surface area contributed by atoms with Crippen molar-refractivity contribution in [1.29, 1.82) is 0 Å².